The molecule has 234 valence electrons. The maximum absolute atomic E-state index is 12.9. The van der Waals surface area contributed by atoms with Crippen molar-refractivity contribution in [3.8, 4) is 17.7 Å². The van der Waals surface area contributed by atoms with Crippen LogP contribution in [0.5, 0.6) is 11.6 Å². The number of aromatic nitrogens is 1. The van der Waals surface area contributed by atoms with E-state index in [2.05, 4.69) is 26.2 Å². The quantitative estimate of drug-likeness (QED) is 0.179. The van der Waals surface area contributed by atoms with Gasteiger partial charge in [0.15, 0.2) is 0 Å². The Labute approximate surface area is 261 Å². The fraction of sp³-hybridized carbons (Fsp3) is 0.448. The summed E-state index contributed by atoms with van der Waals surface area (Å²) < 4.78 is 33.6. The zero-order valence-corrected chi connectivity index (χ0v) is 25.3. The molecule has 3 heterocycles. The van der Waals surface area contributed by atoms with Crippen LogP contribution in [0.15, 0.2) is 34.9 Å². The van der Waals surface area contributed by atoms with Crippen LogP contribution in [-0.4, -0.2) is 106 Å². The lowest BCUT2D eigenvalue weighted by Gasteiger charge is -2.27. The van der Waals surface area contributed by atoms with E-state index in [1.54, 1.807) is 18.3 Å². The Kier molecular flexibility index (Phi) is 12.6. The number of fused-ring (bicyclic) bond motifs is 1. The molecule has 4 amide bonds. The van der Waals surface area contributed by atoms with Crippen LogP contribution >= 0.6 is 15.9 Å². The molecule has 1 aromatic carbocycles. The van der Waals surface area contributed by atoms with E-state index in [9.17, 15) is 19.2 Å². The summed E-state index contributed by atoms with van der Waals surface area (Å²) in [6, 6.07) is 7.18. The first kappa shape index (κ1) is 33.0. The van der Waals surface area contributed by atoms with Gasteiger partial charge in [-0.05, 0) is 46.6 Å². The van der Waals surface area contributed by atoms with E-state index in [0.717, 1.165) is 4.90 Å². The average molecular weight is 675 g/mol. The molecule has 14 nitrogen and oxygen atoms in total. The van der Waals surface area contributed by atoms with Crippen molar-refractivity contribution in [2.75, 3.05) is 66.1 Å². The van der Waals surface area contributed by atoms with Crippen LogP contribution in [0.25, 0.3) is 0 Å². The van der Waals surface area contributed by atoms with Gasteiger partial charge in [0.25, 0.3) is 11.8 Å². The average Bonchev–Trinajstić information content (AvgIpc) is 3.26. The molecular formula is C29H31BrN4O10. The van der Waals surface area contributed by atoms with Crippen molar-refractivity contribution in [2.24, 2.45) is 0 Å². The van der Waals surface area contributed by atoms with Gasteiger partial charge in [-0.2, -0.15) is 5.26 Å². The Balaban J connectivity index is 0.990. The monoisotopic (exact) mass is 674 g/mol. The van der Waals surface area contributed by atoms with E-state index in [1.165, 1.54) is 12.1 Å². The first-order chi connectivity index (χ1) is 21.4. The molecule has 1 fully saturated rings. The second kappa shape index (κ2) is 16.8. The molecule has 1 saturated heterocycles. The summed E-state index contributed by atoms with van der Waals surface area (Å²) in [5, 5.41) is 11.3. The highest BCUT2D eigenvalue weighted by atomic mass is 79.9. The maximum atomic E-state index is 12.9. The van der Waals surface area contributed by atoms with Gasteiger partial charge in [0.1, 0.15) is 36.6 Å². The number of carbonyl (C=O) groups is 4. The molecule has 0 bridgehead atoms. The molecule has 2 aliphatic heterocycles. The smallest absolute Gasteiger partial charge is 0.262 e. The number of amides is 4. The van der Waals surface area contributed by atoms with E-state index in [-0.39, 0.29) is 49.7 Å². The van der Waals surface area contributed by atoms with Crippen molar-refractivity contribution in [2.45, 2.75) is 18.9 Å². The summed E-state index contributed by atoms with van der Waals surface area (Å²) in [6.07, 6.45) is 1.71. The topological polar surface area (TPSA) is 176 Å². The molecule has 0 aliphatic carbocycles. The summed E-state index contributed by atoms with van der Waals surface area (Å²) in [4.78, 5) is 54.2. The molecule has 0 saturated carbocycles. The molecule has 2 aliphatic rings. The number of hydrogen-bond donors (Lipinski definition) is 1. The number of nitriles is 1. The third-order valence-electron chi connectivity index (χ3n) is 6.43. The van der Waals surface area contributed by atoms with Gasteiger partial charge in [-0.1, -0.05) is 0 Å². The van der Waals surface area contributed by atoms with E-state index >= 15 is 0 Å². The van der Waals surface area contributed by atoms with Gasteiger partial charge >= 0.3 is 0 Å². The molecule has 1 aromatic heterocycles. The molecule has 1 unspecified atom stereocenters. The van der Waals surface area contributed by atoms with Gasteiger partial charge in [-0.3, -0.25) is 29.4 Å². The fourth-order valence-corrected chi connectivity index (χ4v) is 4.67. The number of imide groups is 2. The number of halogens is 1. The lowest BCUT2D eigenvalue weighted by molar-refractivity contribution is -0.136. The summed E-state index contributed by atoms with van der Waals surface area (Å²) in [5.74, 6) is -1.59. The Bertz CT molecular complexity index is 1400. The van der Waals surface area contributed by atoms with E-state index < -0.39 is 29.7 Å². The van der Waals surface area contributed by atoms with Gasteiger partial charge in [0.2, 0.25) is 17.7 Å². The van der Waals surface area contributed by atoms with Crippen LogP contribution in [0.3, 0.4) is 0 Å². The number of carbonyl (C=O) groups excluding carboxylic acids is 4. The second-order valence-electron chi connectivity index (χ2n) is 9.42. The van der Waals surface area contributed by atoms with Gasteiger partial charge < -0.3 is 28.4 Å². The minimum absolute atomic E-state index is 0.0594. The van der Waals surface area contributed by atoms with Crippen LogP contribution in [0.2, 0.25) is 0 Å². The largest absolute Gasteiger partial charge is 0.491 e. The standard InChI is InChI=1S/C29H31BrN4O10/c30-20-15-19(17-31)27(32-18-20)44-14-12-42-10-8-40-6-5-39-7-9-41-11-13-43-21-1-2-22-23(16-21)29(38)34(28(22)37)24-3-4-25(35)33-26(24)36/h1-2,15-16,18,24H,3-14H2,(H,33,35,36). The highest BCUT2D eigenvalue weighted by Gasteiger charge is 2.44. The van der Waals surface area contributed by atoms with Crippen LogP contribution in [-0.2, 0) is 28.5 Å². The highest BCUT2D eigenvalue weighted by molar-refractivity contribution is 9.10. The molecule has 1 N–H and O–H groups in total. The van der Waals surface area contributed by atoms with E-state index in [0.29, 0.717) is 62.0 Å². The number of hydrogen-bond acceptors (Lipinski definition) is 12. The molecule has 0 spiro atoms. The lowest BCUT2D eigenvalue weighted by atomic mass is 10.0. The normalized spacial score (nSPS) is 16.1. The van der Waals surface area contributed by atoms with Crippen LogP contribution < -0.4 is 14.8 Å². The van der Waals surface area contributed by atoms with Crippen molar-refractivity contribution in [3.05, 3.63) is 51.6 Å². The SMILES string of the molecule is N#Cc1cc(Br)cnc1OCCOCCOCCOCCOCCOc1ccc2c(c1)C(=O)N(C1CCC(=O)NC1=O)C2=O. The first-order valence-corrected chi connectivity index (χ1v) is 14.7. The van der Waals surface area contributed by atoms with Crippen molar-refractivity contribution < 1.29 is 47.6 Å². The summed E-state index contributed by atoms with van der Waals surface area (Å²) in [5.41, 5.74) is 0.684. The second-order valence-corrected chi connectivity index (χ2v) is 10.3. The zero-order chi connectivity index (χ0) is 31.3. The Hall–Kier alpha value is -3.94. The first-order valence-electron chi connectivity index (χ1n) is 13.9. The van der Waals surface area contributed by atoms with Gasteiger partial charge in [0.05, 0.1) is 64.0 Å². The number of piperidine rings is 1. The zero-order valence-electron chi connectivity index (χ0n) is 23.8. The third kappa shape index (κ3) is 9.04. The Morgan fingerprint density at radius 2 is 1.43 bits per heavy atom. The number of rotatable bonds is 18. The Morgan fingerprint density at radius 1 is 0.841 bits per heavy atom. The predicted molar refractivity (Wildman–Crippen MR) is 154 cm³/mol. The number of nitrogens with one attached hydrogen (secondary N) is 1. The van der Waals surface area contributed by atoms with E-state index in [4.69, 9.17) is 33.7 Å². The number of benzene rings is 1. The van der Waals surface area contributed by atoms with E-state index in [1.807, 2.05) is 6.07 Å². The maximum Gasteiger partial charge on any atom is 0.262 e. The fourth-order valence-electron chi connectivity index (χ4n) is 4.34. The van der Waals surface area contributed by atoms with Crippen molar-refractivity contribution in [1.29, 1.82) is 5.26 Å². The highest BCUT2D eigenvalue weighted by Crippen LogP contribution is 2.30. The van der Waals surface area contributed by atoms with Crippen LogP contribution in [0.1, 0.15) is 39.1 Å². The van der Waals surface area contributed by atoms with Crippen LogP contribution in [0.4, 0.5) is 0 Å². The predicted octanol–water partition coefficient (Wildman–Crippen LogP) is 1.64. The number of ether oxygens (including phenoxy) is 6. The van der Waals surface area contributed by atoms with Gasteiger partial charge in [-0.25, -0.2) is 4.98 Å². The Morgan fingerprint density at radius 3 is 2.05 bits per heavy atom. The summed E-state index contributed by atoms with van der Waals surface area (Å²) in [6.45, 7) is 3.39. The van der Waals surface area contributed by atoms with Gasteiger partial charge in [0, 0.05) is 17.1 Å². The molecule has 1 atom stereocenters. The third-order valence-corrected chi connectivity index (χ3v) is 6.86. The van der Waals surface area contributed by atoms with Crippen molar-refractivity contribution in [1.82, 2.24) is 15.2 Å². The molecule has 44 heavy (non-hydrogen) atoms. The van der Waals surface area contributed by atoms with Crippen molar-refractivity contribution >= 4 is 39.6 Å². The number of nitrogens with zero attached hydrogens (tertiary/aromatic N) is 3. The van der Waals surface area contributed by atoms with Crippen molar-refractivity contribution in [3.63, 3.8) is 0 Å². The molecular weight excluding hydrogens is 644 g/mol. The molecule has 2 aromatic rings. The van der Waals surface area contributed by atoms with Gasteiger partial charge in [-0.15, -0.1) is 0 Å². The van der Waals surface area contributed by atoms with Crippen LogP contribution in [0, 0.1) is 11.3 Å². The summed E-state index contributed by atoms with van der Waals surface area (Å²) >= 11 is 3.26. The molecule has 15 heteroatoms. The number of pyridine rings is 1. The molecule has 4 rings (SSSR count). The minimum atomic E-state index is -1.01. The molecule has 0 radical (unpaired) electrons. The summed E-state index contributed by atoms with van der Waals surface area (Å²) in [7, 11) is 0. The minimum Gasteiger partial charge on any atom is -0.491 e. The lowest BCUT2D eigenvalue weighted by Crippen LogP contribution is -2.54.